The minimum atomic E-state index is -5.08. The minimum absolute atomic E-state index is 0.125. The Morgan fingerprint density at radius 1 is 0.857 bits per heavy atom. The van der Waals surface area contributed by atoms with Crippen molar-refractivity contribution in [2.24, 2.45) is 5.92 Å². The smallest absolute Gasteiger partial charge is 0.475 e. The molecule has 4 aromatic rings. The van der Waals surface area contributed by atoms with E-state index in [1.807, 2.05) is 6.20 Å². The molecule has 1 fully saturated rings. The molecule has 0 atom stereocenters. The lowest BCUT2D eigenvalue weighted by molar-refractivity contribution is -0.192. The Kier molecular flexibility index (Phi) is 12.2. The van der Waals surface area contributed by atoms with Crippen LogP contribution < -0.4 is 5.32 Å². The van der Waals surface area contributed by atoms with Gasteiger partial charge in [-0.3, -0.25) is 9.78 Å². The van der Waals surface area contributed by atoms with Crippen molar-refractivity contribution in [1.82, 2.24) is 20.1 Å². The maximum absolute atomic E-state index is 13.9. The topological polar surface area (TPSA) is 85.8 Å². The van der Waals surface area contributed by atoms with Crippen LogP contribution in [0.5, 0.6) is 0 Å². The number of rotatable bonds is 10. The molecule has 1 aliphatic heterocycles. The molecule has 7 nitrogen and oxygen atoms in total. The van der Waals surface area contributed by atoms with E-state index >= 15 is 0 Å². The lowest BCUT2D eigenvalue weighted by atomic mass is 9.94. The van der Waals surface area contributed by atoms with Crippen molar-refractivity contribution in [2.45, 2.75) is 57.4 Å². The normalized spacial score (nSPS) is 15.3. The largest absolute Gasteiger partial charge is 0.490 e. The molecule has 258 valence electrons. The third kappa shape index (κ3) is 10.2. The maximum atomic E-state index is 13.9. The Bertz CT molecular complexity index is 1630. The van der Waals surface area contributed by atoms with Crippen molar-refractivity contribution >= 4 is 11.9 Å². The molecule has 0 saturated carbocycles. The van der Waals surface area contributed by atoms with Crippen molar-refractivity contribution in [2.75, 3.05) is 26.7 Å². The minimum Gasteiger partial charge on any atom is -0.475 e. The average molecular weight is 673 g/mol. The van der Waals surface area contributed by atoms with Crippen LogP contribution in [-0.4, -0.2) is 70.7 Å². The molecule has 0 spiro atoms. The van der Waals surface area contributed by atoms with Crippen LogP contribution in [0, 0.1) is 5.92 Å². The number of pyridine rings is 1. The summed E-state index contributed by atoms with van der Waals surface area (Å²) in [5.41, 5.74) is 8.56. The quantitative estimate of drug-likeness (QED) is 0.186. The molecule has 49 heavy (non-hydrogen) atoms. The fourth-order valence-corrected chi connectivity index (χ4v) is 6.42. The molecule has 10 heteroatoms. The van der Waals surface area contributed by atoms with Crippen molar-refractivity contribution in [3.8, 4) is 11.3 Å². The monoisotopic (exact) mass is 672 g/mol. The number of halogens is 3. The number of benzene rings is 3. The molecule has 6 rings (SSSR count). The maximum Gasteiger partial charge on any atom is 0.490 e. The summed E-state index contributed by atoms with van der Waals surface area (Å²) < 4.78 is 31.7. The van der Waals surface area contributed by atoms with Crippen LogP contribution in [0.4, 0.5) is 13.2 Å². The number of hydrogen-bond acceptors (Lipinski definition) is 5. The van der Waals surface area contributed by atoms with Gasteiger partial charge in [0.15, 0.2) is 0 Å². The molecule has 2 aliphatic rings. The summed E-state index contributed by atoms with van der Waals surface area (Å²) in [6, 6.07) is 32.4. The first-order chi connectivity index (χ1) is 23.6. The number of carbonyl (C=O) groups excluding carboxylic acids is 1. The second-order valence-electron chi connectivity index (χ2n) is 12.8. The predicted octanol–water partition coefficient (Wildman–Crippen LogP) is 6.55. The molecule has 2 heterocycles. The SMILES string of the molecule is CN1CCC(C(=O)N(Cc2ccc(-c3ccc(CNCCc4ccccc4)cn3)cc2)C2Cc3ccccc3C2)CC1.O=C(O)C(F)(F)F. The number of carboxylic acids is 1. The number of piperidine rings is 1. The highest BCUT2D eigenvalue weighted by Crippen LogP contribution is 2.30. The fourth-order valence-electron chi connectivity index (χ4n) is 6.42. The molecule has 3 aromatic carbocycles. The van der Waals surface area contributed by atoms with E-state index in [1.165, 1.54) is 27.8 Å². The number of aromatic nitrogens is 1. The van der Waals surface area contributed by atoms with E-state index in [9.17, 15) is 18.0 Å². The average Bonchev–Trinajstić information content (AvgIpc) is 3.54. The highest BCUT2D eigenvalue weighted by molar-refractivity contribution is 5.79. The Morgan fingerprint density at radius 2 is 1.45 bits per heavy atom. The molecule has 0 radical (unpaired) electrons. The van der Waals surface area contributed by atoms with Crippen LogP contribution in [-0.2, 0) is 41.9 Å². The fraction of sp³-hybridized carbons (Fsp3) is 0.359. The molecular weight excluding hydrogens is 629 g/mol. The van der Waals surface area contributed by atoms with Gasteiger partial charge in [0.25, 0.3) is 0 Å². The van der Waals surface area contributed by atoms with Crippen LogP contribution in [0.1, 0.15) is 40.7 Å². The Labute approximate surface area is 285 Å². The van der Waals surface area contributed by atoms with E-state index in [0.717, 1.165) is 69.5 Å². The van der Waals surface area contributed by atoms with Crippen LogP contribution in [0.15, 0.2) is 97.2 Å². The third-order valence-electron chi connectivity index (χ3n) is 9.25. The molecule has 0 unspecified atom stereocenters. The first-order valence-corrected chi connectivity index (χ1v) is 16.7. The van der Waals surface area contributed by atoms with E-state index in [4.69, 9.17) is 14.9 Å². The molecular formula is C39H43F3N4O3. The van der Waals surface area contributed by atoms with Crippen molar-refractivity contribution < 1.29 is 27.9 Å². The predicted molar refractivity (Wildman–Crippen MR) is 184 cm³/mol. The summed E-state index contributed by atoms with van der Waals surface area (Å²) in [5.74, 6) is -2.30. The standard InChI is InChI=1S/C37H42N4O.C2HF3O2/c1-40-21-18-32(19-22-40)37(42)41(35-23-33-9-5-6-10-34(33)24-35)27-29-11-14-31(15-12-29)36-16-13-30(26-39-36)25-38-20-17-28-7-3-2-4-8-28;3-2(4,5)1(6)7/h2-16,26,32,35,38H,17-25,27H2,1H3;(H,6,7). The van der Waals surface area contributed by atoms with Gasteiger partial charge in [-0.05, 0) is 92.7 Å². The van der Waals surface area contributed by atoms with Crippen molar-refractivity contribution in [3.63, 3.8) is 0 Å². The molecule has 0 bridgehead atoms. The number of aliphatic carboxylic acids is 1. The van der Waals surface area contributed by atoms with Gasteiger partial charge in [0.05, 0.1) is 5.69 Å². The van der Waals surface area contributed by atoms with Gasteiger partial charge in [0.1, 0.15) is 0 Å². The zero-order valence-corrected chi connectivity index (χ0v) is 27.7. The van der Waals surface area contributed by atoms with Gasteiger partial charge in [0, 0.05) is 36.8 Å². The van der Waals surface area contributed by atoms with E-state index < -0.39 is 12.1 Å². The Morgan fingerprint density at radius 3 is 2.02 bits per heavy atom. The second kappa shape index (κ2) is 16.7. The summed E-state index contributed by atoms with van der Waals surface area (Å²) in [5, 5.41) is 10.6. The van der Waals surface area contributed by atoms with Crippen LogP contribution >= 0.6 is 0 Å². The van der Waals surface area contributed by atoms with Crippen LogP contribution in [0.25, 0.3) is 11.3 Å². The highest BCUT2D eigenvalue weighted by atomic mass is 19.4. The number of amides is 1. The number of alkyl halides is 3. The van der Waals surface area contributed by atoms with Crippen molar-refractivity contribution in [1.29, 1.82) is 0 Å². The van der Waals surface area contributed by atoms with Gasteiger partial charge < -0.3 is 20.2 Å². The summed E-state index contributed by atoms with van der Waals surface area (Å²) >= 11 is 0. The third-order valence-corrected chi connectivity index (χ3v) is 9.25. The van der Waals surface area contributed by atoms with Gasteiger partial charge in [-0.2, -0.15) is 13.2 Å². The molecule has 1 aromatic heterocycles. The summed E-state index contributed by atoms with van der Waals surface area (Å²) in [6.07, 6.45) is 1.71. The van der Waals surface area contributed by atoms with Gasteiger partial charge in [-0.15, -0.1) is 0 Å². The van der Waals surface area contributed by atoms with Gasteiger partial charge in [-0.25, -0.2) is 4.79 Å². The summed E-state index contributed by atoms with van der Waals surface area (Å²) in [6.45, 7) is 4.41. The summed E-state index contributed by atoms with van der Waals surface area (Å²) in [7, 11) is 2.15. The Hall–Kier alpha value is -4.54. The lowest BCUT2D eigenvalue weighted by Gasteiger charge is -2.35. The van der Waals surface area contributed by atoms with E-state index in [1.54, 1.807) is 0 Å². The number of nitrogens with one attached hydrogen (secondary N) is 1. The number of likely N-dealkylation sites (tertiary alicyclic amines) is 1. The number of carbonyl (C=O) groups is 2. The number of hydrogen-bond donors (Lipinski definition) is 2. The number of fused-ring (bicyclic) bond motifs is 1. The molecule has 2 N–H and O–H groups in total. The Balaban J connectivity index is 0.000000606. The van der Waals surface area contributed by atoms with E-state index in [2.05, 4.69) is 113 Å². The lowest BCUT2D eigenvalue weighted by Crippen LogP contribution is -2.46. The zero-order valence-electron chi connectivity index (χ0n) is 27.7. The first kappa shape index (κ1) is 35.8. The van der Waals surface area contributed by atoms with Crippen LogP contribution in [0.2, 0.25) is 0 Å². The molecule has 1 saturated heterocycles. The molecule has 1 aliphatic carbocycles. The highest BCUT2D eigenvalue weighted by Gasteiger charge is 2.38. The van der Waals surface area contributed by atoms with E-state index in [0.29, 0.717) is 12.5 Å². The summed E-state index contributed by atoms with van der Waals surface area (Å²) in [4.78, 5) is 32.1. The van der Waals surface area contributed by atoms with Crippen LogP contribution in [0.3, 0.4) is 0 Å². The van der Waals surface area contributed by atoms with Gasteiger partial charge >= 0.3 is 12.1 Å². The van der Waals surface area contributed by atoms with Crippen molar-refractivity contribution in [3.05, 3.63) is 125 Å². The first-order valence-electron chi connectivity index (χ1n) is 16.7. The second-order valence-corrected chi connectivity index (χ2v) is 12.8. The van der Waals surface area contributed by atoms with Gasteiger partial charge in [0.2, 0.25) is 5.91 Å². The molecule has 1 amide bonds. The van der Waals surface area contributed by atoms with Gasteiger partial charge in [-0.1, -0.05) is 84.9 Å². The number of carboxylic acid groups (broad SMARTS) is 1. The number of nitrogens with zero attached hydrogens (tertiary/aromatic N) is 3. The zero-order chi connectivity index (χ0) is 34.8. The van der Waals surface area contributed by atoms with E-state index in [-0.39, 0.29) is 12.0 Å².